The second kappa shape index (κ2) is 5.49. The topological polar surface area (TPSA) is 78.4 Å². The van der Waals surface area contributed by atoms with E-state index in [1.165, 1.54) is 6.07 Å². The van der Waals surface area contributed by atoms with Gasteiger partial charge in [-0.2, -0.15) is 0 Å². The predicted molar refractivity (Wildman–Crippen MR) is 72.2 cm³/mol. The van der Waals surface area contributed by atoms with E-state index in [0.29, 0.717) is 23.6 Å². The van der Waals surface area contributed by atoms with Gasteiger partial charge in [0.15, 0.2) is 0 Å². The standard InChI is InChI=1S/C14H14N2O3/c1-10-12(16(17)18)6-4-8-13(10)19-14-7-3-2-5-11(14)9-15/h2-8H,9,15H2,1H3. The molecule has 2 rings (SSSR count). The van der Waals surface area contributed by atoms with Gasteiger partial charge < -0.3 is 10.5 Å². The summed E-state index contributed by atoms with van der Waals surface area (Å²) in [5, 5.41) is 10.9. The third kappa shape index (κ3) is 2.71. The van der Waals surface area contributed by atoms with Crippen molar-refractivity contribution >= 4 is 5.69 Å². The van der Waals surface area contributed by atoms with Crippen LogP contribution in [-0.2, 0) is 6.54 Å². The smallest absolute Gasteiger partial charge is 0.276 e. The number of nitrogens with two attached hydrogens (primary N) is 1. The summed E-state index contributed by atoms with van der Waals surface area (Å²) < 4.78 is 5.74. The fraction of sp³-hybridized carbons (Fsp3) is 0.143. The third-order valence-corrected chi connectivity index (χ3v) is 2.86. The summed E-state index contributed by atoms with van der Waals surface area (Å²) in [6, 6.07) is 12.1. The van der Waals surface area contributed by atoms with Crippen molar-refractivity contribution in [3.8, 4) is 11.5 Å². The first-order chi connectivity index (χ1) is 9.13. The van der Waals surface area contributed by atoms with E-state index in [0.717, 1.165) is 5.56 Å². The second-order valence-corrected chi connectivity index (χ2v) is 4.07. The van der Waals surface area contributed by atoms with Crippen molar-refractivity contribution in [3.63, 3.8) is 0 Å². The average molecular weight is 258 g/mol. The van der Waals surface area contributed by atoms with E-state index in [1.54, 1.807) is 25.1 Å². The molecular weight excluding hydrogens is 244 g/mol. The van der Waals surface area contributed by atoms with Crippen molar-refractivity contribution in [3.05, 3.63) is 63.7 Å². The van der Waals surface area contributed by atoms with Crippen LogP contribution < -0.4 is 10.5 Å². The molecule has 0 aromatic heterocycles. The summed E-state index contributed by atoms with van der Waals surface area (Å²) in [7, 11) is 0. The Morgan fingerprint density at radius 1 is 1.16 bits per heavy atom. The van der Waals surface area contributed by atoms with Gasteiger partial charge in [0, 0.05) is 18.2 Å². The minimum absolute atomic E-state index is 0.0442. The highest BCUT2D eigenvalue weighted by molar-refractivity contribution is 5.50. The summed E-state index contributed by atoms with van der Waals surface area (Å²) in [6.07, 6.45) is 0. The van der Waals surface area contributed by atoms with Crippen molar-refractivity contribution in [1.29, 1.82) is 0 Å². The number of hydrogen-bond donors (Lipinski definition) is 1. The van der Waals surface area contributed by atoms with Crippen LogP contribution in [0.1, 0.15) is 11.1 Å². The molecule has 0 fully saturated rings. The molecule has 0 bridgehead atoms. The monoisotopic (exact) mass is 258 g/mol. The van der Waals surface area contributed by atoms with Gasteiger partial charge in [-0.05, 0) is 19.1 Å². The lowest BCUT2D eigenvalue weighted by molar-refractivity contribution is -0.385. The van der Waals surface area contributed by atoms with Gasteiger partial charge in [-0.3, -0.25) is 10.1 Å². The molecule has 5 nitrogen and oxygen atoms in total. The number of nitrogens with zero attached hydrogens (tertiary/aromatic N) is 1. The normalized spacial score (nSPS) is 10.2. The van der Waals surface area contributed by atoms with Crippen LogP contribution in [-0.4, -0.2) is 4.92 Å². The summed E-state index contributed by atoms with van der Waals surface area (Å²) >= 11 is 0. The van der Waals surface area contributed by atoms with Crippen LogP contribution in [0.4, 0.5) is 5.69 Å². The molecule has 0 atom stereocenters. The second-order valence-electron chi connectivity index (χ2n) is 4.07. The third-order valence-electron chi connectivity index (χ3n) is 2.86. The van der Waals surface area contributed by atoms with Gasteiger partial charge in [0.05, 0.1) is 10.5 Å². The Balaban J connectivity index is 2.39. The Morgan fingerprint density at radius 2 is 1.84 bits per heavy atom. The van der Waals surface area contributed by atoms with Gasteiger partial charge in [0.2, 0.25) is 0 Å². The molecule has 0 aliphatic heterocycles. The SMILES string of the molecule is Cc1c(Oc2ccccc2CN)cccc1[N+](=O)[O-]. The molecule has 0 aliphatic carbocycles. The zero-order chi connectivity index (χ0) is 13.8. The van der Waals surface area contributed by atoms with Gasteiger partial charge >= 0.3 is 0 Å². The maximum Gasteiger partial charge on any atom is 0.276 e. The number of hydrogen-bond acceptors (Lipinski definition) is 4. The van der Waals surface area contributed by atoms with Gasteiger partial charge in [-0.1, -0.05) is 24.3 Å². The van der Waals surface area contributed by atoms with Crippen molar-refractivity contribution in [2.75, 3.05) is 0 Å². The molecule has 98 valence electrons. The van der Waals surface area contributed by atoms with Crippen molar-refractivity contribution in [2.45, 2.75) is 13.5 Å². The molecule has 2 aromatic carbocycles. The van der Waals surface area contributed by atoms with Crippen LogP contribution in [0.5, 0.6) is 11.5 Å². The molecule has 0 aliphatic rings. The molecule has 2 N–H and O–H groups in total. The number of para-hydroxylation sites is 1. The quantitative estimate of drug-likeness (QED) is 0.675. The van der Waals surface area contributed by atoms with E-state index < -0.39 is 4.92 Å². The van der Waals surface area contributed by atoms with Crippen LogP contribution in [0.3, 0.4) is 0 Å². The Hall–Kier alpha value is -2.40. The zero-order valence-electron chi connectivity index (χ0n) is 10.5. The van der Waals surface area contributed by atoms with E-state index in [-0.39, 0.29) is 5.69 Å². The highest BCUT2D eigenvalue weighted by Crippen LogP contribution is 2.32. The Kier molecular flexibility index (Phi) is 3.77. The van der Waals surface area contributed by atoms with Crippen molar-refractivity contribution in [1.82, 2.24) is 0 Å². The first-order valence-electron chi connectivity index (χ1n) is 5.83. The summed E-state index contributed by atoms with van der Waals surface area (Å²) in [4.78, 5) is 10.5. The molecule has 0 unspecified atom stereocenters. The van der Waals surface area contributed by atoms with Crippen LogP contribution in [0.15, 0.2) is 42.5 Å². The van der Waals surface area contributed by atoms with Gasteiger partial charge in [0.1, 0.15) is 11.5 Å². The summed E-state index contributed by atoms with van der Waals surface area (Å²) in [6.45, 7) is 2.02. The Labute approximate surface area is 110 Å². The van der Waals surface area contributed by atoms with E-state index in [2.05, 4.69) is 0 Å². The lowest BCUT2D eigenvalue weighted by Crippen LogP contribution is -2.00. The molecule has 0 amide bonds. The molecule has 0 spiro atoms. The van der Waals surface area contributed by atoms with Crippen molar-refractivity contribution in [2.24, 2.45) is 5.73 Å². The maximum atomic E-state index is 10.9. The van der Waals surface area contributed by atoms with Gasteiger partial charge in [-0.15, -0.1) is 0 Å². The highest BCUT2D eigenvalue weighted by Gasteiger charge is 2.15. The van der Waals surface area contributed by atoms with Crippen LogP contribution in [0.2, 0.25) is 0 Å². The van der Waals surface area contributed by atoms with E-state index in [4.69, 9.17) is 10.5 Å². The number of nitro benzene ring substituents is 1. The lowest BCUT2D eigenvalue weighted by atomic mass is 10.1. The molecule has 5 heteroatoms. The van der Waals surface area contributed by atoms with Crippen LogP contribution in [0, 0.1) is 17.0 Å². The van der Waals surface area contributed by atoms with Crippen LogP contribution in [0.25, 0.3) is 0 Å². The molecule has 2 aromatic rings. The summed E-state index contributed by atoms with van der Waals surface area (Å²) in [5.74, 6) is 1.09. The molecular formula is C14H14N2O3. The Bertz CT molecular complexity index is 611. The number of nitro groups is 1. The minimum atomic E-state index is -0.420. The average Bonchev–Trinajstić information content (AvgIpc) is 2.41. The highest BCUT2D eigenvalue weighted by atomic mass is 16.6. The first kappa shape index (κ1) is 13.0. The van der Waals surface area contributed by atoms with E-state index in [1.807, 2.05) is 18.2 Å². The molecule has 0 radical (unpaired) electrons. The summed E-state index contributed by atoms with van der Waals surface area (Å²) in [5.41, 5.74) is 7.03. The molecule has 0 saturated carbocycles. The molecule has 0 heterocycles. The van der Waals surface area contributed by atoms with E-state index >= 15 is 0 Å². The van der Waals surface area contributed by atoms with Gasteiger partial charge in [0.25, 0.3) is 5.69 Å². The number of ether oxygens (including phenoxy) is 1. The van der Waals surface area contributed by atoms with Crippen molar-refractivity contribution < 1.29 is 9.66 Å². The fourth-order valence-corrected chi connectivity index (χ4v) is 1.80. The number of benzene rings is 2. The minimum Gasteiger partial charge on any atom is -0.456 e. The van der Waals surface area contributed by atoms with Gasteiger partial charge in [-0.25, -0.2) is 0 Å². The zero-order valence-corrected chi connectivity index (χ0v) is 10.5. The fourth-order valence-electron chi connectivity index (χ4n) is 1.80. The predicted octanol–water partition coefficient (Wildman–Crippen LogP) is 3.15. The molecule has 19 heavy (non-hydrogen) atoms. The first-order valence-corrected chi connectivity index (χ1v) is 5.83. The lowest BCUT2D eigenvalue weighted by Gasteiger charge is -2.11. The Morgan fingerprint density at radius 3 is 2.53 bits per heavy atom. The van der Waals surface area contributed by atoms with E-state index in [9.17, 15) is 10.1 Å². The maximum absolute atomic E-state index is 10.9. The van der Waals surface area contributed by atoms with Crippen LogP contribution >= 0.6 is 0 Å². The molecule has 0 saturated heterocycles. The number of rotatable bonds is 4. The largest absolute Gasteiger partial charge is 0.456 e.